The zero-order valence-electron chi connectivity index (χ0n) is 10.8. The van der Waals surface area contributed by atoms with Crippen molar-refractivity contribution in [3.8, 4) is 17.2 Å². The molecule has 0 atom stereocenters. The molecule has 0 N–H and O–H groups in total. The highest BCUT2D eigenvalue weighted by atomic mass is 16.7. The van der Waals surface area contributed by atoms with Crippen LogP contribution in [0.15, 0.2) is 41.0 Å². The van der Waals surface area contributed by atoms with Crippen LogP contribution in [-0.2, 0) is 0 Å². The summed E-state index contributed by atoms with van der Waals surface area (Å²) >= 11 is 0. The molecule has 102 valence electrons. The molecule has 0 spiro atoms. The lowest BCUT2D eigenvalue weighted by Crippen LogP contribution is -1.99. The van der Waals surface area contributed by atoms with Gasteiger partial charge in [-0.1, -0.05) is 0 Å². The highest BCUT2D eigenvalue weighted by molar-refractivity contribution is 6.09. The number of furan rings is 1. The maximum absolute atomic E-state index is 12.2. The Bertz CT molecular complexity index is 655. The van der Waals surface area contributed by atoms with E-state index in [1.807, 2.05) is 0 Å². The van der Waals surface area contributed by atoms with E-state index in [2.05, 4.69) is 0 Å². The Morgan fingerprint density at radius 1 is 1.30 bits per heavy atom. The van der Waals surface area contributed by atoms with Crippen LogP contribution in [0.25, 0.3) is 6.08 Å². The largest absolute Gasteiger partial charge is 0.496 e. The third-order valence-electron chi connectivity index (χ3n) is 2.90. The van der Waals surface area contributed by atoms with Crippen LogP contribution in [-0.4, -0.2) is 19.7 Å². The standard InChI is InChI=1S/C15H12O5/c1-17-13-8-15-14(19-9-20-15)7-11(13)12(16)5-4-10-3-2-6-18-10/h2-8H,9H2,1H3. The fraction of sp³-hybridized carbons (Fsp3) is 0.133. The summed E-state index contributed by atoms with van der Waals surface area (Å²) in [4.78, 5) is 12.2. The first-order valence-electron chi connectivity index (χ1n) is 6.01. The van der Waals surface area contributed by atoms with Crippen molar-refractivity contribution in [2.45, 2.75) is 0 Å². The third-order valence-corrected chi connectivity index (χ3v) is 2.90. The van der Waals surface area contributed by atoms with Crippen LogP contribution in [0.1, 0.15) is 16.1 Å². The van der Waals surface area contributed by atoms with E-state index < -0.39 is 0 Å². The summed E-state index contributed by atoms with van der Waals surface area (Å²) in [5.41, 5.74) is 0.416. The van der Waals surface area contributed by atoms with E-state index in [0.29, 0.717) is 28.6 Å². The van der Waals surface area contributed by atoms with Gasteiger partial charge < -0.3 is 18.6 Å². The number of ether oxygens (including phenoxy) is 3. The van der Waals surface area contributed by atoms with E-state index in [0.717, 1.165) is 0 Å². The van der Waals surface area contributed by atoms with Gasteiger partial charge in [0.2, 0.25) is 6.79 Å². The second-order valence-corrected chi connectivity index (χ2v) is 4.12. The van der Waals surface area contributed by atoms with Crippen LogP contribution in [0.2, 0.25) is 0 Å². The highest BCUT2D eigenvalue weighted by Crippen LogP contribution is 2.38. The lowest BCUT2D eigenvalue weighted by atomic mass is 10.1. The Balaban J connectivity index is 1.91. The lowest BCUT2D eigenvalue weighted by molar-refractivity contribution is 0.104. The Kier molecular flexibility index (Phi) is 3.16. The van der Waals surface area contributed by atoms with Crippen molar-refractivity contribution < 1.29 is 23.4 Å². The number of ketones is 1. The van der Waals surface area contributed by atoms with Crippen LogP contribution >= 0.6 is 0 Å². The van der Waals surface area contributed by atoms with Gasteiger partial charge in [-0.05, 0) is 30.4 Å². The average molecular weight is 272 g/mol. The molecule has 2 heterocycles. The van der Waals surface area contributed by atoms with Gasteiger partial charge in [0, 0.05) is 6.07 Å². The second-order valence-electron chi connectivity index (χ2n) is 4.12. The van der Waals surface area contributed by atoms with E-state index in [1.54, 1.807) is 36.6 Å². The fourth-order valence-corrected chi connectivity index (χ4v) is 1.92. The molecule has 0 fully saturated rings. The molecule has 2 aromatic rings. The third kappa shape index (κ3) is 2.25. The van der Waals surface area contributed by atoms with Crippen molar-refractivity contribution in [3.63, 3.8) is 0 Å². The van der Waals surface area contributed by atoms with Crippen molar-refractivity contribution in [1.29, 1.82) is 0 Å². The molecule has 5 nitrogen and oxygen atoms in total. The summed E-state index contributed by atoms with van der Waals surface area (Å²) in [6.45, 7) is 0.151. The van der Waals surface area contributed by atoms with Crippen LogP contribution in [0.4, 0.5) is 0 Å². The Labute approximate surface area is 115 Å². The number of allylic oxidation sites excluding steroid dienone is 1. The summed E-state index contributed by atoms with van der Waals surface area (Å²) in [6.07, 6.45) is 4.58. The van der Waals surface area contributed by atoms with Crippen LogP contribution < -0.4 is 14.2 Å². The van der Waals surface area contributed by atoms with E-state index >= 15 is 0 Å². The minimum Gasteiger partial charge on any atom is -0.496 e. The Morgan fingerprint density at radius 3 is 2.80 bits per heavy atom. The van der Waals surface area contributed by atoms with Gasteiger partial charge in [0.1, 0.15) is 11.5 Å². The molecule has 1 aromatic carbocycles. The molecule has 20 heavy (non-hydrogen) atoms. The number of rotatable bonds is 4. The van der Waals surface area contributed by atoms with Crippen molar-refractivity contribution in [2.24, 2.45) is 0 Å². The fourth-order valence-electron chi connectivity index (χ4n) is 1.92. The SMILES string of the molecule is COc1cc2c(cc1C(=O)C=Cc1ccco1)OCO2. The maximum Gasteiger partial charge on any atom is 0.231 e. The topological polar surface area (TPSA) is 57.9 Å². The van der Waals surface area contributed by atoms with Gasteiger partial charge in [-0.15, -0.1) is 0 Å². The number of fused-ring (bicyclic) bond motifs is 1. The van der Waals surface area contributed by atoms with Gasteiger partial charge in [-0.25, -0.2) is 0 Å². The van der Waals surface area contributed by atoms with Crippen molar-refractivity contribution >= 4 is 11.9 Å². The number of benzene rings is 1. The van der Waals surface area contributed by atoms with E-state index in [-0.39, 0.29) is 12.6 Å². The quantitative estimate of drug-likeness (QED) is 0.632. The number of hydrogen-bond donors (Lipinski definition) is 0. The minimum absolute atomic E-state index is 0.151. The summed E-state index contributed by atoms with van der Waals surface area (Å²) in [5, 5.41) is 0. The summed E-state index contributed by atoms with van der Waals surface area (Å²) < 4.78 is 20.9. The van der Waals surface area contributed by atoms with Gasteiger partial charge in [0.05, 0.1) is 18.9 Å². The smallest absolute Gasteiger partial charge is 0.231 e. The molecule has 0 saturated carbocycles. The molecule has 3 rings (SSSR count). The molecule has 0 saturated heterocycles. The molecule has 1 aromatic heterocycles. The number of carbonyl (C=O) groups excluding carboxylic acids is 1. The molecule has 1 aliphatic rings. The Morgan fingerprint density at radius 2 is 2.10 bits per heavy atom. The van der Waals surface area contributed by atoms with Gasteiger partial charge in [-0.3, -0.25) is 4.79 Å². The molecular weight excluding hydrogens is 260 g/mol. The number of methoxy groups -OCH3 is 1. The summed E-state index contributed by atoms with van der Waals surface area (Å²) in [7, 11) is 1.50. The maximum atomic E-state index is 12.2. The van der Waals surface area contributed by atoms with Gasteiger partial charge in [-0.2, -0.15) is 0 Å². The first-order chi connectivity index (χ1) is 9.78. The zero-order valence-corrected chi connectivity index (χ0v) is 10.8. The van der Waals surface area contributed by atoms with Gasteiger partial charge in [0.15, 0.2) is 17.3 Å². The van der Waals surface area contributed by atoms with Gasteiger partial charge >= 0.3 is 0 Å². The first-order valence-corrected chi connectivity index (χ1v) is 6.01. The normalized spacial score (nSPS) is 12.8. The van der Waals surface area contributed by atoms with E-state index in [9.17, 15) is 4.79 Å². The minimum atomic E-state index is -0.198. The summed E-state index contributed by atoms with van der Waals surface area (Å²) in [6, 6.07) is 6.79. The van der Waals surface area contributed by atoms with Gasteiger partial charge in [0.25, 0.3) is 0 Å². The van der Waals surface area contributed by atoms with Crippen LogP contribution in [0.3, 0.4) is 0 Å². The number of carbonyl (C=O) groups is 1. The lowest BCUT2D eigenvalue weighted by Gasteiger charge is -2.07. The van der Waals surface area contributed by atoms with Crippen LogP contribution in [0, 0.1) is 0 Å². The van der Waals surface area contributed by atoms with E-state index in [1.165, 1.54) is 13.2 Å². The molecule has 0 aliphatic carbocycles. The predicted molar refractivity (Wildman–Crippen MR) is 71.2 cm³/mol. The molecule has 0 bridgehead atoms. The molecule has 0 unspecified atom stereocenters. The predicted octanol–water partition coefficient (Wildman–Crippen LogP) is 2.91. The van der Waals surface area contributed by atoms with Crippen molar-refractivity contribution in [2.75, 3.05) is 13.9 Å². The average Bonchev–Trinajstić information content (AvgIpc) is 3.13. The molecule has 0 radical (unpaired) electrons. The van der Waals surface area contributed by atoms with Crippen LogP contribution in [0.5, 0.6) is 17.2 Å². The molecular formula is C15H12O5. The van der Waals surface area contributed by atoms with E-state index in [4.69, 9.17) is 18.6 Å². The van der Waals surface area contributed by atoms with Crippen molar-refractivity contribution in [1.82, 2.24) is 0 Å². The monoisotopic (exact) mass is 272 g/mol. The Hall–Kier alpha value is -2.69. The van der Waals surface area contributed by atoms with Crippen molar-refractivity contribution in [3.05, 3.63) is 47.9 Å². The second kappa shape index (κ2) is 5.13. The highest BCUT2D eigenvalue weighted by Gasteiger charge is 2.20. The first kappa shape index (κ1) is 12.3. The zero-order chi connectivity index (χ0) is 13.9. The summed E-state index contributed by atoms with van der Waals surface area (Å²) in [5.74, 6) is 1.98. The molecule has 0 amide bonds. The number of hydrogen-bond acceptors (Lipinski definition) is 5. The molecule has 5 heteroatoms. The molecule has 1 aliphatic heterocycles.